The van der Waals surface area contributed by atoms with Gasteiger partial charge in [-0.3, -0.25) is 13.9 Å². The fourth-order valence-corrected chi connectivity index (χ4v) is 3.79. The molecule has 1 amide bonds. The van der Waals surface area contributed by atoms with E-state index >= 15 is 0 Å². The van der Waals surface area contributed by atoms with Gasteiger partial charge in [-0.1, -0.05) is 19.1 Å². The summed E-state index contributed by atoms with van der Waals surface area (Å²) in [6, 6.07) is 7.40. The van der Waals surface area contributed by atoms with Crippen molar-refractivity contribution in [2.24, 2.45) is 5.92 Å². The lowest BCUT2D eigenvalue weighted by atomic mass is 9.91. The number of piperidine rings is 1. The number of para-hydroxylation sites is 2. The predicted molar refractivity (Wildman–Crippen MR) is 92.9 cm³/mol. The van der Waals surface area contributed by atoms with Crippen LogP contribution in [0.15, 0.2) is 29.1 Å². The molecule has 1 aromatic heterocycles. The molecule has 2 heterocycles. The van der Waals surface area contributed by atoms with Crippen LogP contribution in [0.3, 0.4) is 0 Å². The summed E-state index contributed by atoms with van der Waals surface area (Å²) in [5.41, 5.74) is 1.48. The third kappa shape index (κ3) is 2.75. The molecule has 1 saturated heterocycles. The smallest absolute Gasteiger partial charge is 0.329 e. The first-order valence-electron chi connectivity index (χ1n) is 8.66. The minimum Gasteiger partial charge on any atom is -0.394 e. The number of hydrogen-bond donors (Lipinski definition) is 1. The zero-order chi connectivity index (χ0) is 17.3. The molecule has 1 aromatic carbocycles. The van der Waals surface area contributed by atoms with Crippen molar-refractivity contribution in [1.29, 1.82) is 0 Å². The Bertz CT molecular complexity index is 792. The van der Waals surface area contributed by atoms with Gasteiger partial charge in [-0.2, -0.15) is 0 Å². The number of nitrogens with zero attached hydrogens (tertiary/aromatic N) is 3. The quantitative estimate of drug-likeness (QED) is 0.922. The number of benzene rings is 1. The van der Waals surface area contributed by atoms with E-state index in [4.69, 9.17) is 0 Å². The summed E-state index contributed by atoms with van der Waals surface area (Å²) >= 11 is 0. The fourth-order valence-electron chi connectivity index (χ4n) is 3.79. The summed E-state index contributed by atoms with van der Waals surface area (Å²) in [6.07, 6.45) is 1.96. The lowest BCUT2D eigenvalue weighted by molar-refractivity contribution is -0.138. The molecule has 0 bridgehead atoms. The number of fused-ring (bicyclic) bond motifs is 1. The molecule has 1 aliphatic heterocycles. The molecule has 3 rings (SSSR count). The van der Waals surface area contributed by atoms with Gasteiger partial charge in [0.25, 0.3) is 0 Å². The second-order valence-corrected chi connectivity index (χ2v) is 6.56. The Morgan fingerprint density at radius 1 is 1.25 bits per heavy atom. The van der Waals surface area contributed by atoms with Crippen LogP contribution >= 0.6 is 0 Å². The topological polar surface area (TPSA) is 67.5 Å². The van der Waals surface area contributed by atoms with Crippen molar-refractivity contribution >= 4 is 16.9 Å². The van der Waals surface area contributed by atoms with Crippen molar-refractivity contribution in [2.45, 2.75) is 45.8 Å². The average Bonchev–Trinajstić information content (AvgIpc) is 2.86. The Hall–Kier alpha value is -2.08. The number of aryl methyl sites for hydroxylation is 1. The average molecular weight is 331 g/mol. The van der Waals surface area contributed by atoms with E-state index in [1.165, 1.54) is 0 Å². The Kier molecular flexibility index (Phi) is 4.76. The highest BCUT2D eigenvalue weighted by Crippen LogP contribution is 2.23. The number of aromatic nitrogens is 2. The van der Waals surface area contributed by atoms with E-state index in [2.05, 4.69) is 6.92 Å². The molecule has 0 saturated carbocycles. The van der Waals surface area contributed by atoms with Crippen LogP contribution in [-0.4, -0.2) is 44.2 Å². The zero-order valence-corrected chi connectivity index (χ0v) is 14.3. The molecular weight excluding hydrogens is 306 g/mol. The lowest BCUT2D eigenvalue weighted by Gasteiger charge is -2.39. The molecule has 6 heteroatoms. The van der Waals surface area contributed by atoms with E-state index < -0.39 is 0 Å². The molecule has 2 aromatic rings. The van der Waals surface area contributed by atoms with Gasteiger partial charge in [0.15, 0.2) is 0 Å². The van der Waals surface area contributed by atoms with E-state index in [-0.39, 0.29) is 36.7 Å². The number of carbonyl (C=O) groups is 1. The Morgan fingerprint density at radius 2 is 1.92 bits per heavy atom. The van der Waals surface area contributed by atoms with Crippen LogP contribution in [0.5, 0.6) is 0 Å². The van der Waals surface area contributed by atoms with E-state index in [0.717, 1.165) is 23.9 Å². The molecule has 1 N–H and O–H groups in total. The normalized spacial score (nSPS) is 21.4. The van der Waals surface area contributed by atoms with Crippen LogP contribution in [-0.2, 0) is 17.9 Å². The fraction of sp³-hybridized carbons (Fsp3) is 0.556. The van der Waals surface area contributed by atoms with Gasteiger partial charge in [0.1, 0.15) is 6.54 Å². The minimum absolute atomic E-state index is 0.0234. The van der Waals surface area contributed by atoms with Gasteiger partial charge in [-0.25, -0.2) is 4.79 Å². The van der Waals surface area contributed by atoms with Gasteiger partial charge >= 0.3 is 5.69 Å². The number of hydrogen-bond acceptors (Lipinski definition) is 3. The number of aliphatic hydroxyl groups is 1. The Labute approximate surface area is 141 Å². The molecule has 24 heavy (non-hydrogen) atoms. The Balaban J connectivity index is 1.94. The van der Waals surface area contributed by atoms with E-state index in [0.29, 0.717) is 13.1 Å². The number of carbonyl (C=O) groups excluding carboxylic acids is 1. The van der Waals surface area contributed by atoms with Crippen molar-refractivity contribution in [2.75, 3.05) is 13.2 Å². The first kappa shape index (κ1) is 16.8. The third-order valence-corrected chi connectivity index (χ3v) is 5.16. The largest absolute Gasteiger partial charge is 0.394 e. The van der Waals surface area contributed by atoms with Crippen LogP contribution in [0, 0.1) is 5.92 Å². The summed E-state index contributed by atoms with van der Waals surface area (Å²) < 4.78 is 3.24. The number of imidazole rings is 1. The van der Waals surface area contributed by atoms with E-state index in [1.807, 2.05) is 31.2 Å². The molecule has 130 valence electrons. The molecule has 2 atom stereocenters. The summed E-state index contributed by atoms with van der Waals surface area (Å²) in [4.78, 5) is 27.2. The second kappa shape index (κ2) is 6.81. The molecule has 0 radical (unpaired) electrons. The number of rotatable bonds is 4. The predicted octanol–water partition coefficient (Wildman–Crippen LogP) is 1.44. The molecule has 6 nitrogen and oxygen atoms in total. The second-order valence-electron chi connectivity index (χ2n) is 6.56. The zero-order valence-electron chi connectivity index (χ0n) is 14.3. The molecular formula is C18H25N3O3. The summed E-state index contributed by atoms with van der Waals surface area (Å²) in [7, 11) is 0. The number of amides is 1. The number of likely N-dealkylation sites (tertiary alicyclic amines) is 1. The maximum Gasteiger partial charge on any atom is 0.329 e. The van der Waals surface area contributed by atoms with E-state index in [9.17, 15) is 14.7 Å². The third-order valence-electron chi connectivity index (χ3n) is 5.16. The Morgan fingerprint density at radius 3 is 2.54 bits per heavy atom. The van der Waals surface area contributed by atoms with Gasteiger partial charge in [0, 0.05) is 13.1 Å². The van der Waals surface area contributed by atoms with Crippen LogP contribution in [0.4, 0.5) is 0 Å². The highest BCUT2D eigenvalue weighted by atomic mass is 16.3. The van der Waals surface area contributed by atoms with Crippen LogP contribution in [0.1, 0.15) is 26.7 Å². The van der Waals surface area contributed by atoms with Gasteiger partial charge < -0.3 is 10.0 Å². The standard InChI is InChI=1S/C18H25N3O3/c1-3-19-14-8-4-5-9-15(14)21(18(19)24)11-17(23)20-10-6-7-13(2)16(20)12-22/h4-5,8-9,13,16,22H,3,6-7,10-12H2,1-2H3. The lowest BCUT2D eigenvalue weighted by Crippen LogP contribution is -2.51. The van der Waals surface area contributed by atoms with Gasteiger partial charge in [-0.05, 0) is 37.8 Å². The molecule has 2 unspecified atom stereocenters. The van der Waals surface area contributed by atoms with Gasteiger partial charge in [0.2, 0.25) is 5.91 Å². The molecule has 0 aliphatic carbocycles. The first-order chi connectivity index (χ1) is 11.6. The molecule has 1 fully saturated rings. The molecule has 0 spiro atoms. The van der Waals surface area contributed by atoms with Crippen molar-refractivity contribution in [3.05, 3.63) is 34.7 Å². The van der Waals surface area contributed by atoms with Crippen molar-refractivity contribution < 1.29 is 9.90 Å². The first-order valence-corrected chi connectivity index (χ1v) is 8.66. The van der Waals surface area contributed by atoms with Gasteiger partial charge in [0.05, 0.1) is 23.7 Å². The van der Waals surface area contributed by atoms with Crippen LogP contribution in [0.2, 0.25) is 0 Å². The highest BCUT2D eigenvalue weighted by molar-refractivity contribution is 5.81. The maximum absolute atomic E-state index is 12.8. The molecule has 1 aliphatic rings. The van der Waals surface area contributed by atoms with Crippen molar-refractivity contribution in [1.82, 2.24) is 14.0 Å². The van der Waals surface area contributed by atoms with Crippen LogP contribution in [0.25, 0.3) is 11.0 Å². The van der Waals surface area contributed by atoms with Crippen molar-refractivity contribution in [3.8, 4) is 0 Å². The van der Waals surface area contributed by atoms with Crippen molar-refractivity contribution in [3.63, 3.8) is 0 Å². The van der Waals surface area contributed by atoms with Crippen LogP contribution < -0.4 is 5.69 Å². The summed E-state index contributed by atoms with van der Waals surface area (Å²) in [5.74, 6) is 0.183. The maximum atomic E-state index is 12.8. The monoisotopic (exact) mass is 331 g/mol. The summed E-state index contributed by atoms with van der Waals surface area (Å²) in [6.45, 7) is 5.20. The number of aliphatic hydroxyl groups excluding tert-OH is 1. The SMILES string of the molecule is CCn1c(=O)n(CC(=O)N2CCCC(C)C2CO)c2ccccc21. The minimum atomic E-state index is -0.155. The highest BCUT2D eigenvalue weighted by Gasteiger charge is 2.31. The van der Waals surface area contributed by atoms with Gasteiger partial charge in [-0.15, -0.1) is 0 Å². The van der Waals surface area contributed by atoms with E-state index in [1.54, 1.807) is 14.0 Å². The summed E-state index contributed by atoms with van der Waals surface area (Å²) in [5, 5.41) is 9.65.